The molecule has 2 heterocycles. The molecule has 2 amide bonds. The molecule has 1 aromatic carbocycles. The predicted octanol–water partition coefficient (Wildman–Crippen LogP) is 1.95. The van der Waals surface area contributed by atoms with Crippen LogP contribution in [0.15, 0.2) is 18.2 Å². The van der Waals surface area contributed by atoms with Crippen LogP contribution >= 0.6 is 0 Å². The summed E-state index contributed by atoms with van der Waals surface area (Å²) < 4.78 is 0. The minimum atomic E-state index is -0.0247. The van der Waals surface area contributed by atoms with Crippen LogP contribution in [0.5, 0.6) is 0 Å². The van der Waals surface area contributed by atoms with Crippen molar-refractivity contribution in [2.75, 3.05) is 31.6 Å². The molecular formula is C18H25N3O2. The topological polar surface area (TPSA) is 52.7 Å². The molecule has 2 aliphatic rings. The highest BCUT2D eigenvalue weighted by molar-refractivity contribution is 6.00. The van der Waals surface area contributed by atoms with Gasteiger partial charge in [-0.25, -0.2) is 0 Å². The molecule has 2 fully saturated rings. The highest BCUT2D eigenvalue weighted by Gasteiger charge is 2.26. The first-order valence-electron chi connectivity index (χ1n) is 8.45. The van der Waals surface area contributed by atoms with Crippen molar-refractivity contribution in [3.05, 3.63) is 29.3 Å². The molecule has 0 bridgehead atoms. The standard InChI is InChI=1S/C18H25N3O2/c1-13-5-7-16(21-9-3-4-10-21)15(11-13)18(23)19-14-6-8-17(22)20(2)12-14/h5,7,11,14H,3-4,6,8-10,12H2,1-2H3,(H,19,23). The normalized spacial score (nSPS) is 21.7. The number of aryl methyl sites for hydroxylation is 1. The first-order valence-corrected chi connectivity index (χ1v) is 8.45. The molecule has 1 atom stereocenters. The summed E-state index contributed by atoms with van der Waals surface area (Å²) in [6, 6.07) is 6.14. The Kier molecular flexibility index (Phi) is 4.55. The van der Waals surface area contributed by atoms with E-state index in [1.807, 2.05) is 13.0 Å². The number of likely N-dealkylation sites (tertiary alicyclic amines) is 1. The zero-order valence-corrected chi connectivity index (χ0v) is 14.0. The minimum absolute atomic E-state index is 0.0247. The van der Waals surface area contributed by atoms with E-state index in [0.29, 0.717) is 13.0 Å². The summed E-state index contributed by atoms with van der Waals surface area (Å²) in [6.45, 7) is 4.64. The van der Waals surface area contributed by atoms with Gasteiger partial charge in [0.1, 0.15) is 0 Å². The van der Waals surface area contributed by atoms with Crippen molar-refractivity contribution in [2.24, 2.45) is 0 Å². The second-order valence-electron chi connectivity index (χ2n) is 6.70. The Hall–Kier alpha value is -2.04. The van der Waals surface area contributed by atoms with Crippen LogP contribution in [0.25, 0.3) is 0 Å². The fourth-order valence-corrected chi connectivity index (χ4v) is 3.46. The van der Waals surface area contributed by atoms with E-state index in [2.05, 4.69) is 22.3 Å². The Balaban J connectivity index is 1.76. The van der Waals surface area contributed by atoms with E-state index in [-0.39, 0.29) is 17.9 Å². The van der Waals surface area contributed by atoms with E-state index in [1.54, 1.807) is 11.9 Å². The highest BCUT2D eigenvalue weighted by Crippen LogP contribution is 2.26. The third-order valence-corrected chi connectivity index (χ3v) is 4.81. The van der Waals surface area contributed by atoms with E-state index in [9.17, 15) is 9.59 Å². The Morgan fingerprint density at radius 2 is 2.00 bits per heavy atom. The molecule has 2 aliphatic heterocycles. The zero-order chi connectivity index (χ0) is 16.4. The summed E-state index contributed by atoms with van der Waals surface area (Å²) in [5.74, 6) is 0.132. The number of likely N-dealkylation sites (N-methyl/N-ethyl adjacent to an activating group) is 1. The number of piperidine rings is 1. The van der Waals surface area contributed by atoms with Crippen molar-refractivity contribution in [1.82, 2.24) is 10.2 Å². The van der Waals surface area contributed by atoms with Crippen LogP contribution in [0.3, 0.4) is 0 Å². The molecule has 1 unspecified atom stereocenters. The van der Waals surface area contributed by atoms with E-state index < -0.39 is 0 Å². The number of hydrogen-bond acceptors (Lipinski definition) is 3. The Morgan fingerprint density at radius 1 is 1.26 bits per heavy atom. The molecule has 23 heavy (non-hydrogen) atoms. The number of hydrogen-bond donors (Lipinski definition) is 1. The van der Waals surface area contributed by atoms with Gasteiger partial charge < -0.3 is 15.1 Å². The van der Waals surface area contributed by atoms with Gasteiger partial charge in [0.2, 0.25) is 5.91 Å². The first kappa shape index (κ1) is 15.8. The number of nitrogens with zero attached hydrogens (tertiary/aromatic N) is 2. The number of anilines is 1. The molecule has 3 rings (SSSR count). The molecule has 2 saturated heterocycles. The van der Waals surface area contributed by atoms with Crippen molar-refractivity contribution >= 4 is 17.5 Å². The van der Waals surface area contributed by atoms with Crippen LogP contribution in [0.2, 0.25) is 0 Å². The van der Waals surface area contributed by atoms with Gasteiger partial charge in [0.25, 0.3) is 5.91 Å². The van der Waals surface area contributed by atoms with Crippen LogP contribution in [-0.4, -0.2) is 49.4 Å². The maximum atomic E-state index is 12.8. The second kappa shape index (κ2) is 6.60. The maximum absolute atomic E-state index is 12.8. The average Bonchev–Trinajstić information content (AvgIpc) is 3.05. The van der Waals surface area contributed by atoms with Gasteiger partial charge in [-0.05, 0) is 38.3 Å². The Bertz CT molecular complexity index is 608. The van der Waals surface area contributed by atoms with Crippen molar-refractivity contribution in [3.8, 4) is 0 Å². The van der Waals surface area contributed by atoms with E-state index >= 15 is 0 Å². The monoisotopic (exact) mass is 315 g/mol. The van der Waals surface area contributed by atoms with Gasteiger partial charge in [-0.3, -0.25) is 9.59 Å². The average molecular weight is 315 g/mol. The number of rotatable bonds is 3. The predicted molar refractivity (Wildman–Crippen MR) is 90.8 cm³/mol. The number of amides is 2. The summed E-state index contributed by atoms with van der Waals surface area (Å²) in [7, 11) is 1.79. The first-order chi connectivity index (χ1) is 11.0. The summed E-state index contributed by atoms with van der Waals surface area (Å²) in [4.78, 5) is 28.4. The van der Waals surface area contributed by atoms with Crippen LogP contribution < -0.4 is 10.2 Å². The molecular weight excluding hydrogens is 290 g/mol. The largest absolute Gasteiger partial charge is 0.371 e. The fraction of sp³-hybridized carbons (Fsp3) is 0.556. The zero-order valence-electron chi connectivity index (χ0n) is 14.0. The molecule has 0 saturated carbocycles. The van der Waals surface area contributed by atoms with Gasteiger partial charge >= 0.3 is 0 Å². The summed E-state index contributed by atoms with van der Waals surface area (Å²) in [6.07, 6.45) is 3.60. The van der Waals surface area contributed by atoms with Gasteiger partial charge in [-0.15, -0.1) is 0 Å². The van der Waals surface area contributed by atoms with Crippen LogP contribution in [0, 0.1) is 6.92 Å². The molecule has 0 aliphatic carbocycles. The van der Waals surface area contributed by atoms with E-state index in [0.717, 1.165) is 36.3 Å². The van der Waals surface area contributed by atoms with Crippen LogP contribution in [0.1, 0.15) is 41.6 Å². The number of benzene rings is 1. The van der Waals surface area contributed by atoms with Crippen LogP contribution in [-0.2, 0) is 4.79 Å². The molecule has 1 aromatic rings. The summed E-state index contributed by atoms with van der Waals surface area (Å²) in [5.41, 5.74) is 2.88. The van der Waals surface area contributed by atoms with Gasteiger partial charge in [0.15, 0.2) is 0 Å². The molecule has 0 radical (unpaired) electrons. The Morgan fingerprint density at radius 3 is 2.70 bits per heavy atom. The van der Waals surface area contributed by atoms with Crippen molar-refractivity contribution in [1.29, 1.82) is 0 Å². The lowest BCUT2D eigenvalue weighted by molar-refractivity contribution is -0.132. The minimum Gasteiger partial charge on any atom is -0.371 e. The Labute approximate surface area is 137 Å². The van der Waals surface area contributed by atoms with Gasteiger partial charge in [0.05, 0.1) is 5.56 Å². The van der Waals surface area contributed by atoms with Crippen molar-refractivity contribution in [3.63, 3.8) is 0 Å². The van der Waals surface area contributed by atoms with Crippen molar-refractivity contribution < 1.29 is 9.59 Å². The highest BCUT2D eigenvalue weighted by atomic mass is 16.2. The van der Waals surface area contributed by atoms with Gasteiger partial charge in [-0.1, -0.05) is 11.6 Å². The van der Waals surface area contributed by atoms with E-state index in [4.69, 9.17) is 0 Å². The maximum Gasteiger partial charge on any atom is 0.253 e. The lowest BCUT2D eigenvalue weighted by atomic mass is 10.0. The van der Waals surface area contributed by atoms with Crippen LogP contribution in [0.4, 0.5) is 5.69 Å². The molecule has 0 aromatic heterocycles. The summed E-state index contributed by atoms with van der Waals surface area (Å²) in [5, 5.41) is 3.12. The lowest BCUT2D eigenvalue weighted by Gasteiger charge is -2.30. The van der Waals surface area contributed by atoms with Crippen molar-refractivity contribution in [2.45, 2.75) is 38.6 Å². The second-order valence-corrected chi connectivity index (χ2v) is 6.70. The lowest BCUT2D eigenvalue weighted by Crippen LogP contribution is -2.48. The summed E-state index contributed by atoms with van der Waals surface area (Å²) >= 11 is 0. The molecule has 1 N–H and O–H groups in total. The number of nitrogens with one attached hydrogen (secondary N) is 1. The SMILES string of the molecule is Cc1ccc(N2CCCC2)c(C(=O)NC2CCC(=O)N(C)C2)c1. The fourth-order valence-electron chi connectivity index (χ4n) is 3.46. The third-order valence-electron chi connectivity index (χ3n) is 4.81. The van der Waals surface area contributed by atoms with E-state index in [1.165, 1.54) is 12.8 Å². The molecule has 0 spiro atoms. The number of carbonyl (C=O) groups excluding carboxylic acids is 2. The van der Waals surface area contributed by atoms with Gasteiger partial charge in [0, 0.05) is 44.8 Å². The third kappa shape index (κ3) is 3.49. The molecule has 124 valence electrons. The smallest absolute Gasteiger partial charge is 0.253 e. The molecule has 5 heteroatoms. The molecule has 5 nitrogen and oxygen atoms in total. The number of carbonyl (C=O) groups is 2. The van der Waals surface area contributed by atoms with Gasteiger partial charge in [-0.2, -0.15) is 0 Å². The quantitative estimate of drug-likeness (QED) is 0.927.